The maximum Gasteiger partial charge on any atom is 0.262 e. The summed E-state index contributed by atoms with van der Waals surface area (Å²) < 4.78 is 0. The van der Waals surface area contributed by atoms with Crippen LogP contribution in [0.25, 0.3) is 0 Å². The molecule has 3 heteroatoms. The fraction of sp³-hybridized carbons (Fsp3) is 1.00. The van der Waals surface area contributed by atoms with Gasteiger partial charge < -0.3 is 0 Å². The third-order valence-electron chi connectivity index (χ3n) is 2.61. The number of alkyl halides is 1. The quantitative estimate of drug-likeness (QED) is 0.356. The summed E-state index contributed by atoms with van der Waals surface area (Å²) in [5, 5.41) is 4.57. The lowest BCUT2D eigenvalue weighted by atomic mass is 10.3. The van der Waals surface area contributed by atoms with Crippen molar-refractivity contribution in [1.82, 2.24) is 0 Å². The highest BCUT2D eigenvalue weighted by Gasteiger charge is 2.18. The number of unbranched alkanes of at least 4 members (excludes halogenated alkanes) is 1. The molecule has 0 nitrogen and oxygen atoms in total. The lowest BCUT2D eigenvalue weighted by molar-refractivity contribution is 0.682. The molecule has 0 aromatic heterocycles. The van der Waals surface area contributed by atoms with Gasteiger partial charge in [0.15, 0.2) is 17.4 Å². The van der Waals surface area contributed by atoms with Gasteiger partial charge in [0.05, 0.1) is 0 Å². The van der Waals surface area contributed by atoms with Crippen LogP contribution in [0.4, 0.5) is 0 Å². The third-order valence-corrected chi connectivity index (χ3v) is 7.32. The van der Waals surface area contributed by atoms with Crippen LogP contribution in [0.1, 0.15) is 40.5 Å². The second kappa shape index (κ2) is 11.8. The standard InChI is InChI=1S/C4H8Cl.2C4H9.2Al.3H/c1-2-3-4-5;2*1-4(2)3;;;;;/h1-4H2;2*4H,1H2,2-3H3;;;;;. The molecule has 0 aromatic rings. The average molecular weight is 263 g/mol. The van der Waals surface area contributed by atoms with E-state index >= 15 is 0 Å². The Bertz CT molecular complexity index is 117. The molecular weight excluding hydrogens is 234 g/mol. The summed E-state index contributed by atoms with van der Waals surface area (Å²) in [6.07, 6.45) is 2.60. The minimum absolute atomic E-state index is 0. The van der Waals surface area contributed by atoms with Gasteiger partial charge in [0.25, 0.3) is 14.1 Å². The summed E-state index contributed by atoms with van der Waals surface area (Å²) in [6.45, 7) is 9.45. The normalized spacial score (nSPS) is 10.6. The maximum absolute atomic E-state index is 5.71. The van der Waals surface area contributed by atoms with Crippen molar-refractivity contribution in [2.24, 2.45) is 11.8 Å². The molecule has 90 valence electrons. The minimum atomic E-state index is -0.440. The summed E-state index contributed by atoms with van der Waals surface area (Å²) >= 11 is 5.27. The summed E-state index contributed by atoms with van der Waals surface area (Å²) in [6, 6.07) is 0. The van der Waals surface area contributed by atoms with Crippen LogP contribution in [0.3, 0.4) is 0 Å². The SMILES string of the molecule is CC(C)[CH2][Al]([CH2]CCCCl)[CH2]C(C)C.[AlH3]. The van der Waals surface area contributed by atoms with E-state index in [0.29, 0.717) is 0 Å². The van der Waals surface area contributed by atoms with Gasteiger partial charge in [-0.2, -0.15) is 0 Å². The van der Waals surface area contributed by atoms with E-state index in [0.717, 1.165) is 17.7 Å². The number of rotatable bonds is 8. The van der Waals surface area contributed by atoms with E-state index in [1.165, 1.54) is 28.7 Å². The highest BCUT2D eigenvalue weighted by Crippen LogP contribution is 2.19. The molecule has 0 aliphatic heterocycles. The fourth-order valence-electron chi connectivity index (χ4n) is 2.19. The first-order chi connectivity index (χ1) is 6.56. The predicted molar refractivity (Wildman–Crippen MR) is 79.7 cm³/mol. The smallest absolute Gasteiger partial charge is 0.127 e. The second-order valence-corrected chi connectivity index (χ2v) is 8.94. The minimum Gasteiger partial charge on any atom is -0.127 e. The van der Waals surface area contributed by atoms with Crippen molar-refractivity contribution in [1.29, 1.82) is 0 Å². The Morgan fingerprint density at radius 1 is 0.933 bits per heavy atom. The molecule has 0 atom stereocenters. The van der Waals surface area contributed by atoms with Crippen molar-refractivity contribution < 1.29 is 0 Å². The average Bonchev–Trinajstić information content (AvgIpc) is 2.02. The second-order valence-electron chi connectivity index (χ2n) is 5.31. The number of hydrogen-bond acceptors (Lipinski definition) is 0. The van der Waals surface area contributed by atoms with E-state index in [1.807, 2.05) is 0 Å². The first-order valence-electron chi connectivity index (χ1n) is 6.12. The zero-order chi connectivity index (χ0) is 11.0. The Kier molecular flexibility index (Phi) is 14.8. The van der Waals surface area contributed by atoms with E-state index in [2.05, 4.69) is 27.7 Å². The molecule has 0 radical (unpaired) electrons. The van der Waals surface area contributed by atoms with Gasteiger partial charge in [-0.25, -0.2) is 0 Å². The molecule has 0 saturated carbocycles. The largest absolute Gasteiger partial charge is 0.262 e. The molecule has 0 rings (SSSR count). The molecule has 0 aliphatic rings. The Morgan fingerprint density at radius 3 is 1.73 bits per heavy atom. The maximum atomic E-state index is 5.71. The molecule has 0 saturated heterocycles. The summed E-state index contributed by atoms with van der Waals surface area (Å²) in [5.74, 6) is 2.66. The van der Waals surface area contributed by atoms with Crippen LogP contribution in [-0.2, 0) is 0 Å². The highest BCUT2D eigenvalue weighted by atomic mass is 35.5. The first-order valence-corrected chi connectivity index (χ1v) is 9.10. The van der Waals surface area contributed by atoms with Crippen LogP contribution < -0.4 is 0 Å². The third kappa shape index (κ3) is 13.3. The zero-order valence-electron chi connectivity index (χ0n) is 10.4. The Morgan fingerprint density at radius 2 is 1.40 bits per heavy atom. The molecule has 0 unspecified atom stereocenters. The lowest BCUT2D eigenvalue weighted by Crippen LogP contribution is -2.17. The Balaban J connectivity index is 0. The van der Waals surface area contributed by atoms with E-state index < -0.39 is 14.1 Å². The first kappa shape index (κ1) is 18.7. The van der Waals surface area contributed by atoms with Crippen LogP contribution in [0.2, 0.25) is 15.8 Å². The molecule has 0 fully saturated rings. The Hall–Kier alpha value is 1.35. The summed E-state index contributed by atoms with van der Waals surface area (Å²) in [4.78, 5) is 0. The van der Waals surface area contributed by atoms with Gasteiger partial charge in [-0.15, -0.1) is 11.6 Å². The summed E-state index contributed by atoms with van der Waals surface area (Å²) in [7, 11) is 0. The lowest BCUT2D eigenvalue weighted by Gasteiger charge is -2.15. The van der Waals surface area contributed by atoms with Crippen molar-refractivity contribution in [3.8, 4) is 0 Å². The van der Waals surface area contributed by atoms with Crippen molar-refractivity contribution in [3.63, 3.8) is 0 Å². The molecule has 0 aromatic carbocycles. The van der Waals surface area contributed by atoms with Crippen molar-refractivity contribution in [3.05, 3.63) is 0 Å². The zero-order valence-corrected chi connectivity index (χ0v) is 12.3. The molecule has 15 heavy (non-hydrogen) atoms. The molecule has 0 N–H and O–H groups in total. The van der Waals surface area contributed by atoms with E-state index in [1.54, 1.807) is 0 Å². The van der Waals surface area contributed by atoms with Gasteiger partial charge in [0, 0.05) is 5.88 Å². The molecule has 0 spiro atoms. The molecule has 0 amide bonds. The van der Waals surface area contributed by atoms with Gasteiger partial charge in [-0.3, -0.25) is 0 Å². The Labute approximate surface area is 117 Å². The molecule has 0 aliphatic carbocycles. The number of hydrogen-bond donors (Lipinski definition) is 0. The fourth-order valence-corrected chi connectivity index (χ4v) is 6.58. The predicted octanol–water partition coefficient (Wildman–Crippen LogP) is 3.63. The van der Waals surface area contributed by atoms with Crippen molar-refractivity contribution in [2.45, 2.75) is 56.4 Å². The van der Waals surface area contributed by atoms with Gasteiger partial charge >= 0.3 is 0 Å². The van der Waals surface area contributed by atoms with Crippen LogP contribution in [-0.4, -0.2) is 37.4 Å². The van der Waals surface area contributed by atoms with E-state index in [9.17, 15) is 0 Å². The van der Waals surface area contributed by atoms with Crippen LogP contribution in [0.5, 0.6) is 0 Å². The van der Waals surface area contributed by atoms with Crippen molar-refractivity contribution in [2.75, 3.05) is 5.88 Å². The van der Waals surface area contributed by atoms with Crippen LogP contribution in [0, 0.1) is 11.8 Å². The van der Waals surface area contributed by atoms with E-state index in [4.69, 9.17) is 11.6 Å². The number of halogens is 1. The van der Waals surface area contributed by atoms with Crippen molar-refractivity contribution >= 4 is 43.1 Å². The van der Waals surface area contributed by atoms with Gasteiger partial charge in [0.1, 0.15) is 0 Å². The topological polar surface area (TPSA) is 0 Å². The van der Waals surface area contributed by atoms with Crippen LogP contribution in [0.15, 0.2) is 0 Å². The monoisotopic (exact) mass is 262 g/mol. The highest BCUT2D eigenvalue weighted by molar-refractivity contribution is 6.58. The summed E-state index contributed by atoms with van der Waals surface area (Å²) in [5.41, 5.74) is 0. The van der Waals surface area contributed by atoms with Gasteiger partial charge in [0.2, 0.25) is 0 Å². The van der Waals surface area contributed by atoms with Crippen LogP contribution >= 0.6 is 11.6 Å². The molecule has 0 bridgehead atoms. The van der Waals surface area contributed by atoms with E-state index in [-0.39, 0.29) is 17.4 Å². The molecular formula is C12H29Al2Cl. The van der Waals surface area contributed by atoms with Gasteiger partial charge in [-0.1, -0.05) is 61.8 Å². The van der Waals surface area contributed by atoms with Gasteiger partial charge in [-0.05, 0) is 6.42 Å². The molecule has 0 heterocycles.